The van der Waals surface area contributed by atoms with Gasteiger partial charge in [0.25, 0.3) is 0 Å². The van der Waals surface area contributed by atoms with Gasteiger partial charge in [0.2, 0.25) is 0 Å². The first-order valence-corrected chi connectivity index (χ1v) is 5.53. The molecule has 0 amide bonds. The lowest BCUT2D eigenvalue weighted by Gasteiger charge is -2.13. The number of aryl methyl sites for hydroxylation is 1. The Bertz CT molecular complexity index is 419. The van der Waals surface area contributed by atoms with Crippen molar-refractivity contribution in [2.75, 3.05) is 6.54 Å². The molecule has 4 heteroatoms. The van der Waals surface area contributed by atoms with Gasteiger partial charge in [-0.05, 0) is 18.7 Å². The second-order valence-electron chi connectivity index (χ2n) is 3.86. The third-order valence-corrected chi connectivity index (χ3v) is 2.52. The third-order valence-electron chi connectivity index (χ3n) is 2.52. The van der Waals surface area contributed by atoms with Gasteiger partial charge in [-0.15, -0.1) is 0 Å². The van der Waals surface area contributed by atoms with E-state index in [0.29, 0.717) is 0 Å². The normalized spacial score (nSPS) is 12.9. The monoisotopic (exact) mass is 219 g/mol. The molecule has 0 aliphatic carbocycles. The Morgan fingerprint density at radius 3 is 3.00 bits per heavy atom. The first-order chi connectivity index (χ1) is 7.79. The largest absolute Gasteiger partial charge is 0.469 e. The van der Waals surface area contributed by atoms with E-state index in [1.165, 1.54) is 0 Å². The maximum Gasteiger partial charge on any atom is 0.105 e. The number of hydrogen-bond acceptors (Lipinski definition) is 3. The smallest absolute Gasteiger partial charge is 0.105 e. The van der Waals surface area contributed by atoms with Gasteiger partial charge in [-0.25, -0.2) is 4.98 Å². The molecule has 1 N–H and O–H groups in total. The van der Waals surface area contributed by atoms with Crippen LogP contribution in [0.15, 0.2) is 35.3 Å². The summed E-state index contributed by atoms with van der Waals surface area (Å²) < 4.78 is 7.32. The minimum Gasteiger partial charge on any atom is -0.469 e. The van der Waals surface area contributed by atoms with Crippen LogP contribution in [0.1, 0.15) is 24.4 Å². The summed E-state index contributed by atoms with van der Waals surface area (Å²) in [6, 6.07) is 4.13. The van der Waals surface area contributed by atoms with Gasteiger partial charge in [0.1, 0.15) is 5.76 Å². The lowest BCUT2D eigenvalue weighted by atomic mass is 10.1. The SMILES string of the molecule is CCNC(Cc1ccco1)c1cn(C)cn1. The maximum atomic E-state index is 5.36. The molecule has 0 bridgehead atoms. The number of imidazole rings is 1. The van der Waals surface area contributed by atoms with E-state index in [-0.39, 0.29) is 6.04 Å². The molecule has 0 saturated carbocycles. The average molecular weight is 219 g/mol. The summed E-state index contributed by atoms with van der Waals surface area (Å²) >= 11 is 0. The molecule has 0 spiro atoms. The summed E-state index contributed by atoms with van der Waals surface area (Å²) in [5, 5.41) is 3.41. The van der Waals surface area contributed by atoms with Gasteiger partial charge in [0, 0.05) is 19.7 Å². The number of aromatic nitrogens is 2. The van der Waals surface area contributed by atoms with Gasteiger partial charge in [0.15, 0.2) is 0 Å². The Morgan fingerprint density at radius 1 is 1.56 bits per heavy atom. The highest BCUT2D eigenvalue weighted by atomic mass is 16.3. The molecule has 1 unspecified atom stereocenters. The molecule has 16 heavy (non-hydrogen) atoms. The summed E-state index contributed by atoms with van der Waals surface area (Å²) in [7, 11) is 1.98. The number of hydrogen-bond donors (Lipinski definition) is 1. The molecule has 0 aromatic carbocycles. The van der Waals surface area contributed by atoms with E-state index < -0.39 is 0 Å². The van der Waals surface area contributed by atoms with Crippen LogP contribution in [-0.4, -0.2) is 16.1 Å². The molecule has 0 aliphatic heterocycles. The first-order valence-electron chi connectivity index (χ1n) is 5.53. The van der Waals surface area contributed by atoms with Gasteiger partial charge >= 0.3 is 0 Å². The fourth-order valence-electron chi connectivity index (χ4n) is 1.77. The molecule has 2 heterocycles. The van der Waals surface area contributed by atoms with E-state index in [4.69, 9.17) is 4.42 Å². The van der Waals surface area contributed by atoms with Crippen LogP contribution in [0.25, 0.3) is 0 Å². The van der Waals surface area contributed by atoms with E-state index in [2.05, 4.69) is 17.2 Å². The van der Waals surface area contributed by atoms with E-state index >= 15 is 0 Å². The zero-order valence-electron chi connectivity index (χ0n) is 9.68. The molecule has 0 aliphatic rings. The van der Waals surface area contributed by atoms with Crippen molar-refractivity contribution in [3.05, 3.63) is 42.4 Å². The van der Waals surface area contributed by atoms with Crippen LogP contribution in [0.5, 0.6) is 0 Å². The molecule has 2 aromatic heterocycles. The number of furan rings is 1. The Labute approximate surface area is 95.3 Å². The zero-order chi connectivity index (χ0) is 11.4. The number of nitrogens with zero attached hydrogens (tertiary/aromatic N) is 2. The summed E-state index contributed by atoms with van der Waals surface area (Å²) in [6.07, 6.45) is 6.40. The molecular weight excluding hydrogens is 202 g/mol. The molecular formula is C12H17N3O. The zero-order valence-corrected chi connectivity index (χ0v) is 9.68. The van der Waals surface area contributed by atoms with Crippen LogP contribution in [0.2, 0.25) is 0 Å². The average Bonchev–Trinajstić information content (AvgIpc) is 2.88. The van der Waals surface area contributed by atoms with Crippen molar-refractivity contribution in [3.8, 4) is 0 Å². The Kier molecular flexibility index (Phi) is 3.41. The predicted octanol–water partition coefficient (Wildman–Crippen LogP) is 1.91. The number of nitrogens with one attached hydrogen (secondary N) is 1. The van der Waals surface area contributed by atoms with Gasteiger partial charge in [0.05, 0.1) is 24.3 Å². The maximum absolute atomic E-state index is 5.36. The Hall–Kier alpha value is -1.55. The molecule has 0 radical (unpaired) electrons. The fourth-order valence-corrected chi connectivity index (χ4v) is 1.77. The van der Waals surface area contributed by atoms with Crippen LogP contribution >= 0.6 is 0 Å². The second kappa shape index (κ2) is 4.99. The summed E-state index contributed by atoms with van der Waals surface area (Å²) in [4.78, 5) is 4.37. The van der Waals surface area contributed by atoms with Gasteiger partial charge in [-0.3, -0.25) is 0 Å². The molecule has 2 rings (SSSR count). The lowest BCUT2D eigenvalue weighted by Crippen LogP contribution is -2.23. The van der Waals surface area contributed by atoms with Crippen LogP contribution in [-0.2, 0) is 13.5 Å². The minimum atomic E-state index is 0.220. The molecule has 1 atom stereocenters. The molecule has 86 valence electrons. The van der Waals surface area contributed by atoms with Crippen molar-refractivity contribution in [3.63, 3.8) is 0 Å². The lowest BCUT2D eigenvalue weighted by molar-refractivity contribution is 0.450. The minimum absolute atomic E-state index is 0.220. The standard InChI is InChI=1S/C12H17N3O/c1-3-13-11(7-10-5-4-6-16-10)12-8-15(2)9-14-12/h4-6,8-9,11,13H,3,7H2,1-2H3. The number of likely N-dealkylation sites (N-methyl/N-ethyl adjacent to an activating group) is 1. The van der Waals surface area contributed by atoms with E-state index in [1.54, 1.807) is 6.26 Å². The fraction of sp³-hybridized carbons (Fsp3) is 0.417. The van der Waals surface area contributed by atoms with Crippen molar-refractivity contribution in [2.24, 2.45) is 7.05 Å². The van der Waals surface area contributed by atoms with Crippen molar-refractivity contribution in [1.82, 2.24) is 14.9 Å². The highest BCUT2D eigenvalue weighted by Gasteiger charge is 2.14. The molecule has 2 aromatic rings. The highest BCUT2D eigenvalue weighted by Crippen LogP contribution is 2.16. The second-order valence-corrected chi connectivity index (χ2v) is 3.86. The van der Waals surface area contributed by atoms with Crippen molar-refractivity contribution in [1.29, 1.82) is 0 Å². The highest BCUT2D eigenvalue weighted by molar-refractivity contribution is 5.09. The van der Waals surface area contributed by atoms with Crippen LogP contribution < -0.4 is 5.32 Å². The summed E-state index contributed by atoms with van der Waals surface area (Å²) in [5.41, 5.74) is 1.06. The van der Waals surface area contributed by atoms with Crippen molar-refractivity contribution in [2.45, 2.75) is 19.4 Å². The van der Waals surface area contributed by atoms with Crippen molar-refractivity contribution >= 4 is 0 Å². The van der Waals surface area contributed by atoms with E-state index in [1.807, 2.05) is 36.3 Å². The van der Waals surface area contributed by atoms with E-state index in [0.717, 1.165) is 24.4 Å². The number of rotatable bonds is 5. The first kappa shape index (κ1) is 11.0. The third kappa shape index (κ3) is 2.52. The van der Waals surface area contributed by atoms with Gasteiger partial charge < -0.3 is 14.3 Å². The molecule has 0 fully saturated rings. The van der Waals surface area contributed by atoms with Crippen molar-refractivity contribution < 1.29 is 4.42 Å². The van der Waals surface area contributed by atoms with Crippen LogP contribution in [0.4, 0.5) is 0 Å². The summed E-state index contributed by atoms with van der Waals surface area (Å²) in [6.45, 7) is 3.01. The van der Waals surface area contributed by atoms with Gasteiger partial charge in [-0.2, -0.15) is 0 Å². The van der Waals surface area contributed by atoms with Gasteiger partial charge in [-0.1, -0.05) is 6.92 Å². The van der Waals surface area contributed by atoms with E-state index in [9.17, 15) is 0 Å². The quantitative estimate of drug-likeness (QED) is 0.835. The predicted molar refractivity (Wildman–Crippen MR) is 62.0 cm³/mol. The summed E-state index contributed by atoms with van der Waals surface area (Å²) in [5.74, 6) is 0.983. The molecule has 4 nitrogen and oxygen atoms in total. The Balaban J connectivity index is 2.11. The van der Waals surface area contributed by atoms with Crippen LogP contribution in [0.3, 0.4) is 0 Å². The Morgan fingerprint density at radius 2 is 2.44 bits per heavy atom. The molecule has 0 saturated heterocycles. The van der Waals surface area contributed by atoms with Crippen LogP contribution in [0, 0.1) is 0 Å². The topological polar surface area (TPSA) is 43.0 Å².